The Bertz CT molecular complexity index is 1030. The Morgan fingerprint density at radius 1 is 1.41 bits per heavy atom. The molecule has 2 N–H and O–H groups in total. The molecule has 0 saturated carbocycles. The number of ether oxygens (including phenoxy) is 1. The topological polar surface area (TPSA) is 86.6 Å². The van der Waals surface area contributed by atoms with Gasteiger partial charge in [0.15, 0.2) is 5.75 Å². The lowest BCUT2D eigenvalue weighted by Crippen LogP contribution is -2.19. The van der Waals surface area contributed by atoms with Crippen molar-refractivity contribution in [3.63, 3.8) is 0 Å². The molecule has 0 bridgehead atoms. The zero-order chi connectivity index (χ0) is 18.8. The first-order valence-electron chi connectivity index (χ1n) is 8.72. The van der Waals surface area contributed by atoms with Crippen LogP contribution in [0.5, 0.6) is 5.75 Å². The van der Waals surface area contributed by atoms with Crippen LogP contribution in [0.15, 0.2) is 24.4 Å². The summed E-state index contributed by atoms with van der Waals surface area (Å²) in [5.41, 5.74) is 4.16. The van der Waals surface area contributed by atoms with Crippen molar-refractivity contribution in [2.45, 2.75) is 25.3 Å². The van der Waals surface area contributed by atoms with Crippen molar-refractivity contribution in [3.8, 4) is 11.8 Å². The predicted molar refractivity (Wildman–Crippen MR) is 106 cm³/mol. The molecule has 4 rings (SSSR count). The number of aromatic amines is 1. The summed E-state index contributed by atoms with van der Waals surface area (Å²) < 4.78 is 5.64. The molecule has 1 aliphatic rings. The number of halogens is 2. The molecular weight excluding hydrogens is 385 g/mol. The molecule has 1 aromatic carbocycles. The fourth-order valence-electron chi connectivity index (χ4n) is 3.50. The van der Waals surface area contributed by atoms with E-state index in [9.17, 15) is 5.26 Å². The van der Waals surface area contributed by atoms with E-state index >= 15 is 0 Å². The molecule has 6 nitrogen and oxygen atoms in total. The van der Waals surface area contributed by atoms with Gasteiger partial charge < -0.3 is 10.1 Å². The molecule has 27 heavy (non-hydrogen) atoms. The first-order valence-corrected chi connectivity index (χ1v) is 9.63. The van der Waals surface area contributed by atoms with Crippen molar-refractivity contribution in [3.05, 3.63) is 46.1 Å². The van der Waals surface area contributed by atoms with E-state index in [2.05, 4.69) is 26.6 Å². The fourth-order valence-corrected chi connectivity index (χ4v) is 3.94. The quantitative estimate of drug-likeness (QED) is 0.610. The van der Waals surface area contributed by atoms with Gasteiger partial charge in [-0.15, -0.1) is 11.6 Å². The minimum absolute atomic E-state index is 0.0253. The summed E-state index contributed by atoms with van der Waals surface area (Å²) in [5, 5.41) is 20.4. The van der Waals surface area contributed by atoms with E-state index < -0.39 is 0 Å². The summed E-state index contributed by atoms with van der Waals surface area (Å²) in [6, 6.07) is 7.95. The second kappa shape index (κ2) is 7.63. The third kappa shape index (κ3) is 3.41. The highest BCUT2D eigenvalue weighted by Gasteiger charge is 2.26. The number of nitrogens with zero attached hydrogens (tertiary/aromatic N) is 3. The molecule has 2 heterocycles. The second-order valence-corrected chi connectivity index (χ2v) is 7.13. The van der Waals surface area contributed by atoms with Crippen molar-refractivity contribution in [2.24, 2.45) is 0 Å². The first kappa shape index (κ1) is 17.9. The molecule has 3 aromatic rings. The minimum atomic E-state index is 0.0253. The maximum absolute atomic E-state index is 9.55. The van der Waals surface area contributed by atoms with Crippen LogP contribution in [-0.4, -0.2) is 27.7 Å². The Morgan fingerprint density at radius 3 is 3.11 bits per heavy atom. The van der Waals surface area contributed by atoms with Gasteiger partial charge in [0.1, 0.15) is 24.0 Å². The lowest BCUT2D eigenvalue weighted by molar-refractivity contribution is 0.341. The highest BCUT2D eigenvalue weighted by Crippen LogP contribution is 2.42. The van der Waals surface area contributed by atoms with E-state index in [1.807, 2.05) is 18.2 Å². The van der Waals surface area contributed by atoms with Crippen LogP contribution >= 0.6 is 23.2 Å². The van der Waals surface area contributed by atoms with Crippen LogP contribution in [-0.2, 0) is 6.42 Å². The SMILES string of the molecule is N#Cc1cc2c(c(Cl)c1OCCCl)CCCC2Nc1ccc2[nH]ncc2n1. The molecule has 1 atom stereocenters. The zero-order valence-corrected chi connectivity index (χ0v) is 15.9. The van der Waals surface area contributed by atoms with Crippen LogP contribution in [0.3, 0.4) is 0 Å². The number of rotatable bonds is 5. The molecule has 0 saturated heterocycles. The highest BCUT2D eigenvalue weighted by atomic mass is 35.5. The zero-order valence-electron chi connectivity index (χ0n) is 14.4. The van der Waals surface area contributed by atoms with Gasteiger partial charge in [-0.2, -0.15) is 10.4 Å². The van der Waals surface area contributed by atoms with Crippen LogP contribution in [0.2, 0.25) is 5.02 Å². The number of alkyl halides is 1. The van der Waals surface area contributed by atoms with E-state index in [-0.39, 0.29) is 6.04 Å². The Kier molecular flexibility index (Phi) is 5.06. The number of pyridine rings is 1. The van der Waals surface area contributed by atoms with E-state index in [1.165, 1.54) is 0 Å². The summed E-state index contributed by atoms with van der Waals surface area (Å²) in [7, 11) is 0. The van der Waals surface area contributed by atoms with Gasteiger partial charge in [0.2, 0.25) is 0 Å². The second-order valence-electron chi connectivity index (χ2n) is 6.37. The van der Waals surface area contributed by atoms with E-state index in [0.717, 1.165) is 47.2 Å². The van der Waals surface area contributed by atoms with Gasteiger partial charge in [-0.1, -0.05) is 11.6 Å². The van der Waals surface area contributed by atoms with Gasteiger partial charge in [0, 0.05) is 0 Å². The minimum Gasteiger partial charge on any atom is -0.489 e. The van der Waals surface area contributed by atoms with Crippen LogP contribution in [0, 0.1) is 11.3 Å². The van der Waals surface area contributed by atoms with E-state index in [4.69, 9.17) is 27.9 Å². The number of hydrogen-bond donors (Lipinski definition) is 2. The van der Waals surface area contributed by atoms with E-state index in [0.29, 0.717) is 28.8 Å². The van der Waals surface area contributed by atoms with Crippen molar-refractivity contribution < 1.29 is 4.74 Å². The smallest absolute Gasteiger partial charge is 0.155 e. The molecular formula is C19H17Cl2N5O. The number of nitrogens with one attached hydrogen (secondary N) is 2. The summed E-state index contributed by atoms with van der Waals surface area (Å²) in [6.07, 6.45) is 4.46. The maximum atomic E-state index is 9.55. The number of fused-ring (bicyclic) bond motifs is 2. The molecule has 0 aliphatic heterocycles. The number of benzene rings is 1. The van der Waals surface area contributed by atoms with Gasteiger partial charge in [0.25, 0.3) is 0 Å². The molecule has 0 radical (unpaired) electrons. The summed E-state index contributed by atoms with van der Waals surface area (Å²) in [6.45, 7) is 0.311. The van der Waals surface area contributed by atoms with Crippen molar-refractivity contribution in [2.75, 3.05) is 17.8 Å². The lowest BCUT2D eigenvalue weighted by atomic mass is 9.86. The van der Waals surface area contributed by atoms with Gasteiger partial charge in [0.05, 0.1) is 34.2 Å². The van der Waals surface area contributed by atoms with Crippen LogP contribution in [0.4, 0.5) is 5.82 Å². The third-order valence-electron chi connectivity index (χ3n) is 4.71. The average Bonchev–Trinajstić information content (AvgIpc) is 3.15. The largest absolute Gasteiger partial charge is 0.489 e. The Balaban J connectivity index is 1.69. The van der Waals surface area contributed by atoms with Crippen molar-refractivity contribution in [1.82, 2.24) is 15.2 Å². The van der Waals surface area contributed by atoms with Gasteiger partial charge in [-0.25, -0.2) is 4.98 Å². The molecule has 8 heteroatoms. The van der Waals surface area contributed by atoms with Crippen LogP contribution in [0.25, 0.3) is 11.0 Å². The first-order chi connectivity index (χ1) is 13.2. The number of H-pyrrole nitrogens is 1. The average molecular weight is 402 g/mol. The summed E-state index contributed by atoms with van der Waals surface area (Å²) >= 11 is 12.3. The molecule has 0 fully saturated rings. The maximum Gasteiger partial charge on any atom is 0.155 e. The fraction of sp³-hybridized carbons (Fsp3) is 0.316. The molecule has 138 valence electrons. The number of aromatic nitrogens is 3. The highest BCUT2D eigenvalue weighted by molar-refractivity contribution is 6.33. The van der Waals surface area contributed by atoms with Crippen molar-refractivity contribution in [1.29, 1.82) is 5.26 Å². The van der Waals surface area contributed by atoms with Gasteiger partial charge >= 0.3 is 0 Å². The predicted octanol–water partition coefficient (Wildman–Crippen LogP) is 4.59. The normalized spacial score (nSPS) is 16.0. The van der Waals surface area contributed by atoms with Crippen molar-refractivity contribution >= 4 is 40.1 Å². The molecule has 2 aromatic heterocycles. The molecule has 1 aliphatic carbocycles. The summed E-state index contributed by atoms with van der Waals surface area (Å²) in [4.78, 5) is 4.58. The monoisotopic (exact) mass is 401 g/mol. The van der Waals surface area contributed by atoms with Crippen LogP contribution in [0.1, 0.15) is 35.6 Å². The number of hydrogen-bond acceptors (Lipinski definition) is 5. The number of nitriles is 1. The molecule has 1 unspecified atom stereocenters. The Hall–Kier alpha value is -2.49. The van der Waals surface area contributed by atoms with Crippen LogP contribution < -0.4 is 10.1 Å². The standard InChI is InChI=1S/C19H17Cl2N5O/c20-6-7-27-19-11(9-22)8-13-12(18(19)21)2-1-3-14(13)24-17-5-4-15-16(25-17)10-23-26-15/h4-5,8,10,14H,1-3,6-7H2,(H,23,26)(H,24,25). The lowest BCUT2D eigenvalue weighted by Gasteiger charge is -2.29. The molecule has 0 spiro atoms. The summed E-state index contributed by atoms with van der Waals surface area (Å²) in [5.74, 6) is 1.53. The van der Waals surface area contributed by atoms with Gasteiger partial charge in [-0.3, -0.25) is 5.10 Å². The van der Waals surface area contributed by atoms with Gasteiger partial charge in [-0.05, 0) is 48.6 Å². The Labute approximate surface area is 166 Å². The Morgan fingerprint density at radius 2 is 2.30 bits per heavy atom. The number of anilines is 1. The third-order valence-corrected chi connectivity index (χ3v) is 5.27. The van der Waals surface area contributed by atoms with E-state index in [1.54, 1.807) is 6.20 Å². The molecule has 0 amide bonds.